The fourth-order valence-electron chi connectivity index (χ4n) is 4.10. The second-order valence-electron chi connectivity index (χ2n) is 7.17. The molecule has 0 amide bonds. The minimum Gasteiger partial charge on any atom is -0.161 e. The van der Waals surface area contributed by atoms with Crippen LogP contribution in [0.2, 0.25) is 24.7 Å². The maximum atomic E-state index is 3.77. The van der Waals surface area contributed by atoms with E-state index in [0.29, 0.717) is 6.71 Å². The smallest absolute Gasteiger partial charge is 0.161 e. The monoisotopic (exact) mass is 280 g/mol. The molecule has 0 aliphatic carbocycles. The van der Waals surface area contributed by atoms with Gasteiger partial charge in [0.1, 0.15) is 0 Å². The largest absolute Gasteiger partial charge is 0.236 e. The van der Waals surface area contributed by atoms with E-state index in [0.717, 1.165) is 11.6 Å². The number of hydrogen-bond donors (Lipinski definition) is 0. The van der Waals surface area contributed by atoms with Crippen molar-refractivity contribution in [2.24, 2.45) is 0 Å². The molecule has 20 heavy (non-hydrogen) atoms. The van der Waals surface area contributed by atoms with Crippen LogP contribution in [-0.2, 0) is 0 Å². The lowest BCUT2D eigenvalue weighted by molar-refractivity contribution is 0.448. The Labute approximate surface area is 125 Å². The maximum absolute atomic E-state index is 3.77. The summed E-state index contributed by atoms with van der Waals surface area (Å²) in [4.78, 5) is 0. The summed E-state index contributed by atoms with van der Waals surface area (Å²) in [6.45, 7) is 5.51. The van der Waals surface area contributed by atoms with Gasteiger partial charge in [-0.2, -0.15) is 5.82 Å². The van der Waals surface area contributed by atoms with Gasteiger partial charge in [0.05, 0.1) is 0 Å². The fourth-order valence-corrected chi connectivity index (χ4v) is 5.80. The highest BCUT2D eigenvalue weighted by Gasteiger charge is 2.38. The van der Waals surface area contributed by atoms with Crippen LogP contribution in [-0.4, -0.2) is 14.8 Å². The van der Waals surface area contributed by atoms with Gasteiger partial charge in [0, 0.05) is 0 Å². The quantitative estimate of drug-likeness (QED) is 0.532. The van der Waals surface area contributed by atoms with E-state index in [-0.39, 0.29) is 0 Å². The zero-order valence-corrected chi connectivity index (χ0v) is 13.9. The van der Waals surface area contributed by atoms with E-state index in [1.165, 1.54) is 43.7 Å². The zero-order valence-electron chi connectivity index (χ0n) is 12.9. The molecule has 3 rings (SSSR count). The van der Waals surface area contributed by atoms with Crippen LogP contribution in [0.3, 0.4) is 0 Å². The lowest BCUT2D eigenvalue weighted by Gasteiger charge is -2.37. The first kappa shape index (κ1) is 14.0. The number of benzene rings is 1. The lowest BCUT2D eigenvalue weighted by atomic mass is 9.28. The molecule has 0 saturated carbocycles. The first-order valence-electron chi connectivity index (χ1n) is 8.25. The molecule has 2 saturated heterocycles. The molecule has 2 aliphatic rings. The fraction of sp³-hybridized carbons (Fsp3) is 0.556. The molecule has 0 N–H and O–H groups in total. The van der Waals surface area contributed by atoms with Gasteiger partial charge < -0.3 is 0 Å². The van der Waals surface area contributed by atoms with Gasteiger partial charge in [-0.1, -0.05) is 82.0 Å². The highest BCUT2D eigenvalue weighted by atomic mass is 28.3. The van der Waals surface area contributed by atoms with Crippen LogP contribution in [0.15, 0.2) is 30.3 Å². The Morgan fingerprint density at radius 3 is 2.05 bits per heavy atom. The van der Waals surface area contributed by atoms with Gasteiger partial charge in [-0.05, 0) is 16.8 Å². The average molecular weight is 280 g/mol. The number of rotatable bonds is 1. The van der Waals surface area contributed by atoms with E-state index in [9.17, 15) is 0 Å². The summed E-state index contributed by atoms with van der Waals surface area (Å²) >= 11 is 0. The molecule has 1 aromatic rings. The van der Waals surface area contributed by atoms with Crippen molar-refractivity contribution in [3.63, 3.8) is 0 Å². The molecular formula is C18H25BSi. The second-order valence-corrected chi connectivity index (χ2v) is 11.2. The minimum absolute atomic E-state index is 0.716. The Morgan fingerprint density at radius 2 is 1.50 bits per heavy atom. The van der Waals surface area contributed by atoms with Crippen molar-refractivity contribution < 1.29 is 0 Å². The highest BCUT2D eigenvalue weighted by molar-refractivity contribution is 6.97. The number of hydrogen-bond acceptors (Lipinski definition) is 0. The van der Waals surface area contributed by atoms with Gasteiger partial charge >= 0.3 is 0 Å². The Hall–Kier alpha value is -0.938. The van der Waals surface area contributed by atoms with Crippen molar-refractivity contribution in [3.8, 4) is 11.4 Å². The normalized spacial score (nSPS) is 25.8. The third-order valence-electron chi connectivity index (χ3n) is 5.36. The van der Waals surface area contributed by atoms with Crippen LogP contribution in [0, 0.1) is 11.4 Å². The summed E-state index contributed by atoms with van der Waals surface area (Å²) in [6, 6.07) is 10.9. The zero-order chi connectivity index (χ0) is 14.0. The van der Waals surface area contributed by atoms with Crippen LogP contribution in [0.5, 0.6) is 0 Å². The topological polar surface area (TPSA) is 0 Å². The third-order valence-corrected chi connectivity index (χ3v) is 7.91. The molecule has 0 nitrogen and oxygen atoms in total. The summed E-state index contributed by atoms with van der Waals surface area (Å²) in [5.41, 5.74) is 3.76. The van der Waals surface area contributed by atoms with E-state index in [1.807, 2.05) is 0 Å². The lowest BCUT2D eigenvalue weighted by Crippen LogP contribution is -2.41. The summed E-state index contributed by atoms with van der Waals surface area (Å²) in [7, 11) is -1.57. The molecular weight excluding hydrogens is 255 g/mol. The Bertz CT molecular complexity index is 489. The summed E-state index contributed by atoms with van der Waals surface area (Å²) in [5, 5.41) is 1.48. The molecule has 0 atom stereocenters. The standard InChI is InChI=1S/C18H25BSi/c1-20(2,18-12-4-3-5-13-18)15-14-19-16-8-6-9-17(19)11-7-10-16/h3-5,12-13,16-17H,6-11H2,1-2H3. The summed E-state index contributed by atoms with van der Waals surface area (Å²) in [6.07, 6.45) is 8.64. The first-order chi connectivity index (χ1) is 9.67. The molecule has 2 fully saturated rings. The summed E-state index contributed by atoms with van der Waals surface area (Å²) < 4.78 is 0. The molecule has 0 spiro atoms. The van der Waals surface area contributed by atoms with Gasteiger partial charge in [-0.25, -0.2) is 0 Å². The SMILES string of the molecule is C[Si](C)(C#CB1C2CCCC1CCC2)c1ccccc1. The minimum atomic E-state index is -1.57. The predicted molar refractivity (Wildman–Crippen MR) is 92.3 cm³/mol. The molecule has 1 aromatic carbocycles. The molecule has 2 bridgehead atoms. The Balaban J connectivity index is 1.80. The van der Waals surface area contributed by atoms with Crippen LogP contribution in [0.1, 0.15) is 38.5 Å². The van der Waals surface area contributed by atoms with Crippen molar-refractivity contribution in [1.82, 2.24) is 0 Å². The molecule has 0 aromatic heterocycles. The second kappa shape index (κ2) is 5.82. The highest BCUT2D eigenvalue weighted by Crippen LogP contribution is 2.45. The first-order valence-corrected chi connectivity index (χ1v) is 11.2. The van der Waals surface area contributed by atoms with E-state index in [1.54, 1.807) is 0 Å². The predicted octanol–water partition coefficient (Wildman–Crippen LogP) is 4.29. The van der Waals surface area contributed by atoms with E-state index in [4.69, 9.17) is 0 Å². The van der Waals surface area contributed by atoms with Crippen molar-refractivity contribution in [2.45, 2.75) is 63.3 Å². The molecule has 104 valence electrons. The van der Waals surface area contributed by atoms with Gasteiger partial charge in [0.2, 0.25) is 6.71 Å². The Morgan fingerprint density at radius 1 is 0.950 bits per heavy atom. The van der Waals surface area contributed by atoms with Crippen LogP contribution in [0.25, 0.3) is 0 Å². The van der Waals surface area contributed by atoms with Gasteiger partial charge in [-0.15, -0.1) is 5.54 Å². The molecule has 2 heterocycles. The third kappa shape index (κ3) is 2.88. The maximum Gasteiger partial charge on any atom is 0.236 e. The molecule has 2 aliphatic heterocycles. The Kier molecular flexibility index (Phi) is 4.08. The van der Waals surface area contributed by atoms with Crippen molar-refractivity contribution >= 4 is 20.0 Å². The van der Waals surface area contributed by atoms with Crippen molar-refractivity contribution in [1.29, 1.82) is 0 Å². The van der Waals surface area contributed by atoms with Crippen LogP contribution in [0.4, 0.5) is 0 Å². The van der Waals surface area contributed by atoms with Crippen LogP contribution >= 0.6 is 0 Å². The van der Waals surface area contributed by atoms with E-state index in [2.05, 4.69) is 54.8 Å². The average Bonchev–Trinajstić information content (AvgIpc) is 2.45. The van der Waals surface area contributed by atoms with E-state index >= 15 is 0 Å². The molecule has 0 unspecified atom stereocenters. The van der Waals surface area contributed by atoms with Gasteiger partial charge in [0.15, 0.2) is 8.07 Å². The summed E-state index contributed by atoms with van der Waals surface area (Å²) in [5.74, 6) is 5.60. The van der Waals surface area contributed by atoms with Gasteiger partial charge in [-0.3, -0.25) is 0 Å². The van der Waals surface area contributed by atoms with Crippen LogP contribution < -0.4 is 5.19 Å². The van der Waals surface area contributed by atoms with Crippen molar-refractivity contribution in [3.05, 3.63) is 30.3 Å². The van der Waals surface area contributed by atoms with Gasteiger partial charge in [0.25, 0.3) is 0 Å². The van der Waals surface area contributed by atoms with Crippen molar-refractivity contribution in [2.75, 3.05) is 0 Å². The molecule has 2 heteroatoms. The van der Waals surface area contributed by atoms with E-state index < -0.39 is 8.07 Å². The molecule has 0 radical (unpaired) electrons. The number of fused-ring (bicyclic) bond motifs is 2.